The molecule has 0 bridgehead atoms. The van der Waals surface area contributed by atoms with Gasteiger partial charge in [-0.1, -0.05) is 45.7 Å². The zero-order valence-electron chi connectivity index (χ0n) is 11.5. The molecule has 0 aliphatic carbocycles. The minimum Gasteiger partial charge on any atom is -0.494 e. The second kappa shape index (κ2) is 7.11. The van der Waals surface area contributed by atoms with Crippen molar-refractivity contribution in [1.82, 2.24) is 5.32 Å². The lowest BCUT2D eigenvalue weighted by Gasteiger charge is -2.21. The normalized spacial score (nSPS) is 12.2. The highest BCUT2D eigenvalue weighted by molar-refractivity contribution is 9.10. The van der Waals surface area contributed by atoms with Gasteiger partial charge < -0.3 is 10.1 Å². The van der Waals surface area contributed by atoms with Gasteiger partial charge in [-0.3, -0.25) is 0 Å². The Balaban J connectivity index is 2.46. The summed E-state index contributed by atoms with van der Waals surface area (Å²) in [5, 5.41) is 4.04. The number of nitrogens with one attached hydrogen (secondary N) is 1. The Morgan fingerprint density at radius 1 is 1.25 bits per heavy atom. The first-order valence-electron chi connectivity index (χ1n) is 6.50. The summed E-state index contributed by atoms with van der Waals surface area (Å²) in [6.45, 7) is 2.63. The van der Waals surface area contributed by atoms with E-state index in [1.807, 2.05) is 44.3 Å². The minimum absolute atomic E-state index is 0.0350. The van der Waals surface area contributed by atoms with E-state index in [0.29, 0.717) is 11.6 Å². The highest BCUT2D eigenvalue weighted by Crippen LogP contribution is 2.32. The van der Waals surface area contributed by atoms with Gasteiger partial charge in [0.2, 0.25) is 0 Å². The zero-order valence-corrected chi connectivity index (χ0v) is 13.8. The second-order valence-electron chi connectivity index (χ2n) is 4.40. The van der Waals surface area contributed by atoms with Gasteiger partial charge in [-0.15, -0.1) is 0 Å². The first-order valence-corrected chi connectivity index (χ1v) is 7.67. The summed E-state index contributed by atoms with van der Waals surface area (Å²) >= 11 is 9.64. The molecular weight excluding hydrogens is 338 g/mol. The molecule has 0 aliphatic heterocycles. The van der Waals surface area contributed by atoms with E-state index in [2.05, 4.69) is 33.4 Å². The molecule has 0 heterocycles. The quantitative estimate of drug-likeness (QED) is 0.832. The molecular formula is C16H17BrClNO. The fourth-order valence-corrected chi connectivity index (χ4v) is 3.14. The molecule has 0 aliphatic rings. The third-order valence-electron chi connectivity index (χ3n) is 3.04. The molecule has 20 heavy (non-hydrogen) atoms. The fraction of sp³-hybridized carbons (Fsp3) is 0.250. The first kappa shape index (κ1) is 15.4. The van der Waals surface area contributed by atoms with Crippen LogP contribution >= 0.6 is 27.5 Å². The Kier molecular flexibility index (Phi) is 5.46. The highest BCUT2D eigenvalue weighted by Gasteiger charge is 2.17. The number of benzene rings is 2. The Morgan fingerprint density at radius 3 is 2.65 bits per heavy atom. The lowest BCUT2D eigenvalue weighted by molar-refractivity contribution is 0.334. The molecule has 4 heteroatoms. The monoisotopic (exact) mass is 353 g/mol. The largest absolute Gasteiger partial charge is 0.494 e. The number of hydrogen-bond donors (Lipinski definition) is 1. The van der Waals surface area contributed by atoms with Crippen LogP contribution < -0.4 is 10.1 Å². The molecule has 2 rings (SSSR count). The summed E-state index contributed by atoms with van der Waals surface area (Å²) in [6, 6.07) is 14.0. The molecule has 2 aromatic rings. The summed E-state index contributed by atoms with van der Waals surface area (Å²) in [6.07, 6.45) is 0. The SMILES string of the molecule is CCOc1ccccc1C(NC)c1cc(Cl)cc(Br)c1. The van der Waals surface area contributed by atoms with Crippen LogP contribution in [0.15, 0.2) is 46.9 Å². The van der Waals surface area contributed by atoms with Crippen molar-refractivity contribution in [3.8, 4) is 5.75 Å². The molecule has 0 fully saturated rings. The molecule has 1 unspecified atom stereocenters. The van der Waals surface area contributed by atoms with Crippen LogP contribution in [-0.2, 0) is 0 Å². The van der Waals surface area contributed by atoms with Crippen LogP contribution in [0.1, 0.15) is 24.1 Å². The molecule has 1 N–H and O–H groups in total. The number of para-hydroxylation sites is 1. The van der Waals surface area contributed by atoms with Crippen molar-refractivity contribution < 1.29 is 4.74 Å². The van der Waals surface area contributed by atoms with Crippen LogP contribution in [0.5, 0.6) is 5.75 Å². The predicted octanol–water partition coefficient (Wildman–Crippen LogP) is 4.81. The van der Waals surface area contributed by atoms with Crippen LogP contribution in [-0.4, -0.2) is 13.7 Å². The van der Waals surface area contributed by atoms with Gasteiger partial charge in [0.05, 0.1) is 12.6 Å². The maximum absolute atomic E-state index is 6.15. The summed E-state index contributed by atoms with van der Waals surface area (Å²) in [5.74, 6) is 0.894. The third kappa shape index (κ3) is 3.54. The molecule has 106 valence electrons. The molecule has 0 spiro atoms. The molecule has 0 saturated carbocycles. The molecule has 0 radical (unpaired) electrons. The topological polar surface area (TPSA) is 21.3 Å². The van der Waals surface area contributed by atoms with Crippen molar-refractivity contribution in [2.75, 3.05) is 13.7 Å². The van der Waals surface area contributed by atoms with Crippen molar-refractivity contribution in [3.05, 3.63) is 63.1 Å². The van der Waals surface area contributed by atoms with Gasteiger partial charge in [0, 0.05) is 15.1 Å². The maximum Gasteiger partial charge on any atom is 0.124 e. The average Bonchev–Trinajstić information content (AvgIpc) is 2.41. The van der Waals surface area contributed by atoms with Crippen LogP contribution in [0.3, 0.4) is 0 Å². The Bertz CT molecular complexity index is 568. The lowest BCUT2D eigenvalue weighted by atomic mass is 9.98. The van der Waals surface area contributed by atoms with E-state index >= 15 is 0 Å². The maximum atomic E-state index is 6.15. The van der Waals surface area contributed by atoms with Crippen molar-refractivity contribution in [2.24, 2.45) is 0 Å². The van der Waals surface area contributed by atoms with E-state index in [4.69, 9.17) is 16.3 Å². The molecule has 0 aromatic heterocycles. The van der Waals surface area contributed by atoms with Crippen LogP contribution in [0.2, 0.25) is 5.02 Å². The van der Waals surface area contributed by atoms with Gasteiger partial charge in [0.1, 0.15) is 5.75 Å². The second-order valence-corrected chi connectivity index (χ2v) is 5.75. The number of hydrogen-bond acceptors (Lipinski definition) is 2. The van der Waals surface area contributed by atoms with E-state index in [1.165, 1.54) is 0 Å². The van der Waals surface area contributed by atoms with Crippen molar-refractivity contribution in [1.29, 1.82) is 0 Å². The Hall–Kier alpha value is -1.03. The Labute approximate surface area is 133 Å². The van der Waals surface area contributed by atoms with E-state index in [1.54, 1.807) is 0 Å². The molecule has 0 amide bonds. The smallest absolute Gasteiger partial charge is 0.124 e. The number of rotatable bonds is 5. The van der Waals surface area contributed by atoms with Gasteiger partial charge >= 0.3 is 0 Å². The van der Waals surface area contributed by atoms with Crippen molar-refractivity contribution >= 4 is 27.5 Å². The van der Waals surface area contributed by atoms with E-state index in [0.717, 1.165) is 21.3 Å². The van der Waals surface area contributed by atoms with Crippen LogP contribution in [0.4, 0.5) is 0 Å². The molecule has 1 atom stereocenters. The van der Waals surface area contributed by atoms with E-state index in [9.17, 15) is 0 Å². The van der Waals surface area contributed by atoms with Gasteiger partial charge in [0.15, 0.2) is 0 Å². The predicted molar refractivity (Wildman–Crippen MR) is 87.7 cm³/mol. The number of halogens is 2. The van der Waals surface area contributed by atoms with Crippen LogP contribution in [0, 0.1) is 0 Å². The third-order valence-corrected chi connectivity index (χ3v) is 3.71. The molecule has 2 aromatic carbocycles. The Morgan fingerprint density at radius 2 is 2.00 bits per heavy atom. The standard InChI is InChI=1S/C16H17BrClNO/c1-3-20-15-7-5-4-6-14(15)16(19-2)11-8-12(17)10-13(18)9-11/h4-10,16,19H,3H2,1-2H3. The van der Waals surface area contributed by atoms with Crippen molar-refractivity contribution in [3.63, 3.8) is 0 Å². The average molecular weight is 355 g/mol. The summed E-state index contributed by atoms with van der Waals surface area (Å²) < 4.78 is 6.68. The lowest BCUT2D eigenvalue weighted by Crippen LogP contribution is -2.18. The van der Waals surface area contributed by atoms with Gasteiger partial charge in [-0.25, -0.2) is 0 Å². The fourth-order valence-electron chi connectivity index (χ4n) is 2.25. The molecule has 0 saturated heterocycles. The van der Waals surface area contributed by atoms with E-state index < -0.39 is 0 Å². The van der Waals surface area contributed by atoms with E-state index in [-0.39, 0.29) is 6.04 Å². The number of ether oxygens (including phenoxy) is 1. The minimum atomic E-state index is 0.0350. The van der Waals surface area contributed by atoms with Crippen LogP contribution in [0.25, 0.3) is 0 Å². The highest BCUT2D eigenvalue weighted by atomic mass is 79.9. The van der Waals surface area contributed by atoms with Gasteiger partial charge in [0.25, 0.3) is 0 Å². The first-order chi connectivity index (χ1) is 9.65. The molecule has 2 nitrogen and oxygen atoms in total. The van der Waals surface area contributed by atoms with Crippen molar-refractivity contribution in [2.45, 2.75) is 13.0 Å². The summed E-state index contributed by atoms with van der Waals surface area (Å²) in [4.78, 5) is 0. The zero-order chi connectivity index (χ0) is 14.5. The van der Waals surface area contributed by atoms with Gasteiger partial charge in [-0.05, 0) is 43.8 Å². The summed E-state index contributed by atoms with van der Waals surface area (Å²) in [5.41, 5.74) is 2.20. The van der Waals surface area contributed by atoms with Gasteiger partial charge in [-0.2, -0.15) is 0 Å². The summed E-state index contributed by atoms with van der Waals surface area (Å²) in [7, 11) is 1.93.